The normalized spacial score (nSPS) is 16.1. The Hall–Kier alpha value is -1.33. The zero-order valence-electron chi connectivity index (χ0n) is 14.7. The van der Waals surface area contributed by atoms with Crippen LogP contribution >= 0.6 is 11.6 Å². The Bertz CT molecular complexity index is 585. The summed E-state index contributed by atoms with van der Waals surface area (Å²) in [6.07, 6.45) is 1.76. The largest absolute Gasteiger partial charge is 0.444 e. The zero-order chi connectivity index (χ0) is 17.9. The van der Waals surface area contributed by atoms with Gasteiger partial charge in [-0.1, -0.05) is 23.7 Å². The van der Waals surface area contributed by atoms with E-state index in [0.29, 0.717) is 24.7 Å². The summed E-state index contributed by atoms with van der Waals surface area (Å²) in [5.74, 6) is -0.364. The fourth-order valence-corrected chi connectivity index (χ4v) is 2.90. The van der Waals surface area contributed by atoms with Crippen LogP contribution < -0.4 is 5.32 Å². The molecule has 134 valence electrons. The number of carbonyl (C=O) groups excluding carboxylic acids is 1. The lowest BCUT2D eigenvalue weighted by Gasteiger charge is -2.30. The van der Waals surface area contributed by atoms with E-state index in [2.05, 4.69) is 10.2 Å². The molecule has 1 saturated carbocycles. The Morgan fingerprint density at radius 1 is 1.46 bits per heavy atom. The van der Waals surface area contributed by atoms with Gasteiger partial charge >= 0.3 is 6.09 Å². The van der Waals surface area contributed by atoms with Crippen molar-refractivity contribution in [1.29, 1.82) is 0 Å². The smallest absolute Gasteiger partial charge is 0.407 e. The zero-order valence-corrected chi connectivity index (χ0v) is 15.5. The van der Waals surface area contributed by atoms with Crippen molar-refractivity contribution < 1.29 is 13.9 Å². The van der Waals surface area contributed by atoms with E-state index in [4.69, 9.17) is 16.3 Å². The Kier molecular flexibility index (Phi) is 6.10. The SMILES string of the molecule is CC(c1cccc(Cl)c1F)N(CCNC(=O)OC(C)(C)C)C1CC1. The van der Waals surface area contributed by atoms with Gasteiger partial charge in [0.05, 0.1) is 5.02 Å². The van der Waals surface area contributed by atoms with Crippen LogP contribution in [0.5, 0.6) is 0 Å². The number of amides is 1. The van der Waals surface area contributed by atoms with Gasteiger partial charge in [-0.25, -0.2) is 9.18 Å². The Morgan fingerprint density at radius 2 is 2.12 bits per heavy atom. The summed E-state index contributed by atoms with van der Waals surface area (Å²) in [6, 6.07) is 5.41. The van der Waals surface area contributed by atoms with Crippen molar-refractivity contribution in [2.75, 3.05) is 13.1 Å². The number of rotatable bonds is 6. The van der Waals surface area contributed by atoms with E-state index < -0.39 is 11.7 Å². The van der Waals surface area contributed by atoms with E-state index in [1.54, 1.807) is 18.2 Å². The van der Waals surface area contributed by atoms with Crippen molar-refractivity contribution in [2.45, 2.75) is 58.2 Å². The third-order valence-electron chi connectivity index (χ3n) is 3.98. The van der Waals surface area contributed by atoms with Crippen LogP contribution in [0.4, 0.5) is 9.18 Å². The van der Waals surface area contributed by atoms with Crippen molar-refractivity contribution in [3.63, 3.8) is 0 Å². The first-order chi connectivity index (χ1) is 11.2. The Balaban J connectivity index is 1.95. The van der Waals surface area contributed by atoms with Gasteiger partial charge in [-0.05, 0) is 46.6 Å². The number of benzene rings is 1. The van der Waals surface area contributed by atoms with Gasteiger partial charge in [-0.2, -0.15) is 0 Å². The van der Waals surface area contributed by atoms with Crippen LogP contribution in [0.25, 0.3) is 0 Å². The molecule has 1 aromatic rings. The first-order valence-electron chi connectivity index (χ1n) is 8.35. The van der Waals surface area contributed by atoms with Crippen LogP contribution in [-0.2, 0) is 4.74 Å². The highest BCUT2D eigenvalue weighted by Crippen LogP contribution is 2.35. The number of hydrogen-bond donors (Lipinski definition) is 1. The van der Waals surface area contributed by atoms with Crippen molar-refractivity contribution in [3.8, 4) is 0 Å². The van der Waals surface area contributed by atoms with Gasteiger partial charge in [0.1, 0.15) is 11.4 Å². The maximum absolute atomic E-state index is 14.3. The summed E-state index contributed by atoms with van der Waals surface area (Å²) in [7, 11) is 0. The number of alkyl carbamates (subject to hydrolysis) is 1. The fourth-order valence-electron chi connectivity index (χ4n) is 2.72. The summed E-state index contributed by atoms with van der Waals surface area (Å²) in [6.45, 7) is 8.54. The molecule has 1 aliphatic carbocycles. The van der Waals surface area contributed by atoms with Crippen LogP contribution in [0.3, 0.4) is 0 Å². The lowest BCUT2D eigenvalue weighted by Crippen LogP contribution is -2.39. The van der Waals surface area contributed by atoms with E-state index in [1.165, 1.54) is 0 Å². The van der Waals surface area contributed by atoms with Gasteiger partial charge in [0, 0.05) is 30.7 Å². The number of halogens is 2. The monoisotopic (exact) mass is 356 g/mol. The topological polar surface area (TPSA) is 41.6 Å². The molecule has 24 heavy (non-hydrogen) atoms. The second-order valence-electron chi connectivity index (χ2n) is 7.22. The minimum Gasteiger partial charge on any atom is -0.444 e. The minimum absolute atomic E-state index is 0.100. The molecule has 1 atom stereocenters. The van der Waals surface area contributed by atoms with Crippen LogP contribution in [0.2, 0.25) is 5.02 Å². The van der Waals surface area contributed by atoms with Gasteiger partial charge < -0.3 is 10.1 Å². The quantitative estimate of drug-likeness (QED) is 0.814. The van der Waals surface area contributed by atoms with E-state index in [9.17, 15) is 9.18 Å². The molecule has 0 bridgehead atoms. The molecule has 0 radical (unpaired) electrons. The summed E-state index contributed by atoms with van der Waals surface area (Å²) < 4.78 is 19.5. The lowest BCUT2D eigenvalue weighted by molar-refractivity contribution is 0.0517. The number of ether oxygens (including phenoxy) is 1. The summed E-state index contributed by atoms with van der Waals surface area (Å²) in [5, 5.41) is 2.90. The summed E-state index contributed by atoms with van der Waals surface area (Å²) in [5.41, 5.74) is 0.0731. The number of nitrogens with one attached hydrogen (secondary N) is 1. The molecular formula is C18H26ClFN2O2. The average molecular weight is 357 g/mol. The van der Waals surface area contributed by atoms with Crippen LogP contribution in [0, 0.1) is 5.82 Å². The number of nitrogens with zero attached hydrogens (tertiary/aromatic N) is 1. The Labute approximate surface area is 148 Å². The second-order valence-corrected chi connectivity index (χ2v) is 7.62. The van der Waals surface area contributed by atoms with Crippen molar-refractivity contribution in [2.24, 2.45) is 0 Å². The molecule has 2 rings (SSSR count). The molecule has 0 aromatic heterocycles. The predicted molar refractivity (Wildman–Crippen MR) is 93.8 cm³/mol. The molecule has 4 nitrogen and oxygen atoms in total. The standard InChI is InChI=1S/C18H26ClFN2O2/c1-12(14-6-5-7-15(19)16(14)20)22(13-8-9-13)11-10-21-17(23)24-18(2,3)4/h5-7,12-13H,8-11H2,1-4H3,(H,21,23). The molecule has 6 heteroatoms. The van der Waals surface area contributed by atoms with Gasteiger partial charge in [-0.3, -0.25) is 4.90 Å². The molecular weight excluding hydrogens is 331 g/mol. The van der Waals surface area contributed by atoms with E-state index in [-0.39, 0.29) is 16.9 Å². The molecule has 1 fully saturated rings. The van der Waals surface area contributed by atoms with Crippen LogP contribution in [0.1, 0.15) is 52.1 Å². The lowest BCUT2D eigenvalue weighted by atomic mass is 10.1. The van der Waals surface area contributed by atoms with Crippen molar-refractivity contribution >= 4 is 17.7 Å². The van der Waals surface area contributed by atoms with Gasteiger partial charge in [0.25, 0.3) is 0 Å². The second kappa shape index (κ2) is 7.70. The number of hydrogen-bond acceptors (Lipinski definition) is 3. The molecule has 0 aliphatic heterocycles. The van der Waals surface area contributed by atoms with Crippen molar-refractivity contribution in [3.05, 3.63) is 34.6 Å². The molecule has 1 N–H and O–H groups in total. The molecule has 0 heterocycles. The van der Waals surface area contributed by atoms with Gasteiger partial charge in [-0.15, -0.1) is 0 Å². The first kappa shape index (κ1) is 19.0. The maximum Gasteiger partial charge on any atom is 0.407 e. The minimum atomic E-state index is -0.516. The Morgan fingerprint density at radius 3 is 2.71 bits per heavy atom. The van der Waals surface area contributed by atoms with Crippen molar-refractivity contribution in [1.82, 2.24) is 10.2 Å². The fraction of sp³-hybridized carbons (Fsp3) is 0.611. The third-order valence-corrected chi connectivity index (χ3v) is 4.28. The molecule has 1 unspecified atom stereocenters. The summed E-state index contributed by atoms with van der Waals surface area (Å²) in [4.78, 5) is 13.9. The highest BCUT2D eigenvalue weighted by molar-refractivity contribution is 6.30. The van der Waals surface area contributed by atoms with E-state index >= 15 is 0 Å². The highest BCUT2D eigenvalue weighted by Gasteiger charge is 2.33. The molecule has 0 spiro atoms. The number of carbonyl (C=O) groups is 1. The highest BCUT2D eigenvalue weighted by atomic mass is 35.5. The first-order valence-corrected chi connectivity index (χ1v) is 8.73. The predicted octanol–water partition coefficient (Wildman–Crippen LogP) is 4.53. The average Bonchev–Trinajstić information content (AvgIpc) is 3.28. The van der Waals surface area contributed by atoms with Gasteiger partial charge in [0.2, 0.25) is 0 Å². The van der Waals surface area contributed by atoms with Crippen LogP contribution in [-0.4, -0.2) is 35.7 Å². The van der Waals surface area contributed by atoms with Gasteiger partial charge in [0.15, 0.2) is 0 Å². The van der Waals surface area contributed by atoms with E-state index in [1.807, 2.05) is 27.7 Å². The van der Waals surface area contributed by atoms with E-state index in [0.717, 1.165) is 12.8 Å². The molecule has 0 saturated heterocycles. The molecule has 1 aliphatic rings. The summed E-state index contributed by atoms with van der Waals surface area (Å²) >= 11 is 5.90. The third kappa shape index (κ3) is 5.35. The molecule has 1 amide bonds. The maximum atomic E-state index is 14.3. The van der Waals surface area contributed by atoms with Crippen LogP contribution in [0.15, 0.2) is 18.2 Å². The molecule has 1 aromatic carbocycles.